The fraction of sp³-hybridized carbons (Fsp3) is 0.222. The van der Waals surface area contributed by atoms with Gasteiger partial charge in [-0.25, -0.2) is 4.98 Å². The van der Waals surface area contributed by atoms with Crippen LogP contribution in [0.1, 0.15) is 11.4 Å². The first-order valence-electron chi connectivity index (χ1n) is 3.63. The molecular formula is C9H5ClF3N. The quantitative estimate of drug-likeness (QED) is 0.523. The van der Waals surface area contributed by atoms with E-state index in [0.717, 1.165) is 5.92 Å². The van der Waals surface area contributed by atoms with Gasteiger partial charge in [0, 0.05) is 5.92 Å². The Morgan fingerprint density at radius 3 is 2.64 bits per heavy atom. The van der Waals surface area contributed by atoms with Crippen molar-refractivity contribution in [2.45, 2.75) is 12.1 Å². The van der Waals surface area contributed by atoms with Crippen molar-refractivity contribution >= 4 is 11.6 Å². The molecule has 0 N–H and O–H groups in total. The van der Waals surface area contributed by atoms with Gasteiger partial charge >= 0.3 is 6.18 Å². The lowest BCUT2D eigenvalue weighted by molar-refractivity contribution is -0.0696. The molecule has 1 nitrogen and oxygen atoms in total. The van der Waals surface area contributed by atoms with E-state index in [2.05, 4.69) is 4.98 Å². The highest BCUT2D eigenvalue weighted by molar-refractivity contribution is 6.16. The number of rotatable bonds is 1. The minimum Gasteiger partial charge on any atom is -0.243 e. The third kappa shape index (κ3) is 3.67. The Kier molecular flexibility index (Phi) is 3.37. The number of nitrogens with zero attached hydrogens (tertiary/aromatic N) is 1. The number of aromatic nitrogens is 1. The maximum absolute atomic E-state index is 11.7. The van der Waals surface area contributed by atoms with Gasteiger partial charge in [0.1, 0.15) is 5.69 Å². The summed E-state index contributed by atoms with van der Waals surface area (Å²) in [6, 6.07) is 4.58. The van der Waals surface area contributed by atoms with Crippen LogP contribution in [0.5, 0.6) is 0 Å². The molecule has 1 aromatic rings. The van der Waals surface area contributed by atoms with E-state index in [0.29, 0.717) is 5.69 Å². The van der Waals surface area contributed by atoms with Crippen LogP contribution in [-0.2, 0) is 5.88 Å². The number of alkyl halides is 4. The molecule has 0 radical (unpaired) electrons. The number of halogens is 4. The van der Waals surface area contributed by atoms with Crippen molar-refractivity contribution in [3.05, 3.63) is 29.6 Å². The zero-order chi connectivity index (χ0) is 10.6. The standard InChI is InChI=1S/C9H5ClF3N/c10-6-8-3-1-2-7(14-8)4-5-9(11,12)13/h1-3H,6H2. The van der Waals surface area contributed by atoms with Gasteiger partial charge in [0.15, 0.2) is 0 Å². The summed E-state index contributed by atoms with van der Waals surface area (Å²) in [7, 11) is 0. The average Bonchev–Trinajstić information content (AvgIpc) is 2.14. The topological polar surface area (TPSA) is 12.9 Å². The Morgan fingerprint density at radius 2 is 2.07 bits per heavy atom. The van der Waals surface area contributed by atoms with Crippen LogP contribution in [0.4, 0.5) is 13.2 Å². The highest BCUT2D eigenvalue weighted by atomic mass is 35.5. The van der Waals surface area contributed by atoms with Crippen molar-refractivity contribution in [1.82, 2.24) is 4.98 Å². The molecule has 0 saturated heterocycles. The molecule has 0 fully saturated rings. The lowest BCUT2D eigenvalue weighted by atomic mass is 10.3. The lowest BCUT2D eigenvalue weighted by Crippen LogP contribution is -2.02. The van der Waals surface area contributed by atoms with E-state index in [9.17, 15) is 13.2 Å². The summed E-state index contributed by atoms with van der Waals surface area (Å²) in [6.45, 7) is 0. The molecule has 0 amide bonds. The molecule has 0 aromatic carbocycles. The van der Waals surface area contributed by atoms with Gasteiger partial charge < -0.3 is 0 Å². The van der Waals surface area contributed by atoms with Gasteiger partial charge in [0.05, 0.1) is 11.6 Å². The minimum absolute atomic E-state index is 0.0699. The van der Waals surface area contributed by atoms with Gasteiger partial charge in [-0.15, -0.1) is 11.6 Å². The molecule has 1 rings (SSSR count). The van der Waals surface area contributed by atoms with Crippen LogP contribution in [0.2, 0.25) is 0 Å². The SMILES string of the molecule is FC(F)(F)C#Cc1cccc(CCl)n1. The molecule has 14 heavy (non-hydrogen) atoms. The van der Waals surface area contributed by atoms with E-state index in [1.165, 1.54) is 6.07 Å². The Morgan fingerprint density at radius 1 is 1.36 bits per heavy atom. The van der Waals surface area contributed by atoms with Crippen molar-refractivity contribution in [1.29, 1.82) is 0 Å². The number of hydrogen-bond acceptors (Lipinski definition) is 1. The van der Waals surface area contributed by atoms with Crippen LogP contribution in [-0.4, -0.2) is 11.2 Å². The van der Waals surface area contributed by atoms with Crippen molar-refractivity contribution in [2.75, 3.05) is 0 Å². The zero-order valence-electron chi connectivity index (χ0n) is 6.90. The van der Waals surface area contributed by atoms with Gasteiger partial charge in [-0.3, -0.25) is 0 Å². The summed E-state index contributed by atoms with van der Waals surface area (Å²) in [5, 5.41) is 0. The molecule has 0 aliphatic rings. The molecule has 0 atom stereocenters. The molecule has 0 bridgehead atoms. The van der Waals surface area contributed by atoms with Gasteiger partial charge in [0.25, 0.3) is 0 Å². The summed E-state index contributed by atoms with van der Waals surface area (Å²) in [6.07, 6.45) is -4.49. The van der Waals surface area contributed by atoms with Crippen molar-refractivity contribution in [3.8, 4) is 11.8 Å². The van der Waals surface area contributed by atoms with Crippen LogP contribution in [0.3, 0.4) is 0 Å². The second-order valence-electron chi connectivity index (χ2n) is 2.40. The smallest absolute Gasteiger partial charge is 0.243 e. The van der Waals surface area contributed by atoms with Crippen LogP contribution in [0.15, 0.2) is 18.2 Å². The maximum Gasteiger partial charge on any atom is 0.458 e. The summed E-state index contributed by atoms with van der Waals surface area (Å²) >= 11 is 5.46. The van der Waals surface area contributed by atoms with E-state index in [1.807, 2.05) is 5.92 Å². The predicted molar refractivity (Wildman–Crippen MR) is 46.7 cm³/mol. The first-order chi connectivity index (χ1) is 6.51. The molecule has 1 aromatic heterocycles. The first-order valence-corrected chi connectivity index (χ1v) is 4.16. The third-order valence-corrected chi connectivity index (χ3v) is 1.55. The number of pyridine rings is 1. The fourth-order valence-corrected chi connectivity index (χ4v) is 0.907. The number of hydrogen-bond donors (Lipinski definition) is 0. The Balaban J connectivity index is 2.90. The molecule has 0 aliphatic carbocycles. The van der Waals surface area contributed by atoms with E-state index in [-0.39, 0.29) is 11.6 Å². The highest BCUT2D eigenvalue weighted by Gasteiger charge is 2.22. The van der Waals surface area contributed by atoms with Crippen LogP contribution >= 0.6 is 11.6 Å². The predicted octanol–water partition coefficient (Wildman–Crippen LogP) is 2.73. The van der Waals surface area contributed by atoms with Crippen LogP contribution in [0.25, 0.3) is 0 Å². The van der Waals surface area contributed by atoms with Crippen LogP contribution < -0.4 is 0 Å². The third-order valence-electron chi connectivity index (χ3n) is 1.28. The highest BCUT2D eigenvalue weighted by Crippen LogP contribution is 2.12. The maximum atomic E-state index is 11.7. The molecular weight excluding hydrogens is 215 g/mol. The summed E-state index contributed by atoms with van der Waals surface area (Å²) < 4.78 is 35.1. The van der Waals surface area contributed by atoms with E-state index in [1.54, 1.807) is 12.1 Å². The average molecular weight is 220 g/mol. The minimum atomic E-state index is -4.49. The summed E-state index contributed by atoms with van der Waals surface area (Å²) in [4.78, 5) is 3.79. The molecule has 0 spiro atoms. The second kappa shape index (κ2) is 4.34. The molecule has 0 unspecified atom stereocenters. The van der Waals surface area contributed by atoms with Crippen LogP contribution in [0, 0.1) is 11.8 Å². The molecule has 1 heterocycles. The van der Waals surface area contributed by atoms with Crippen molar-refractivity contribution in [2.24, 2.45) is 0 Å². The normalized spacial score (nSPS) is 10.6. The van der Waals surface area contributed by atoms with E-state index >= 15 is 0 Å². The van der Waals surface area contributed by atoms with Gasteiger partial charge in [0.2, 0.25) is 0 Å². The molecule has 74 valence electrons. The van der Waals surface area contributed by atoms with Gasteiger partial charge in [-0.05, 0) is 18.1 Å². The Labute approximate surface area is 83.9 Å². The first kappa shape index (κ1) is 10.9. The van der Waals surface area contributed by atoms with Crippen molar-refractivity contribution in [3.63, 3.8) is 0 Å². The van der Waals surface area contributed by atoms with Crippen molar-refractivity contribution < 1.29 is 13.2 Å². The Hall–Kier alpha value is -1.21. The monoisotopic (exact) mass is 219 g/mol. The fourth-order valence-electron chi connectivity index (χ4n) is 0.759. The molecule has 5 heteroatoms. The molecule has 0 aliphatic heterocycles. The molecule has 0 saturated carbocycles. The van der Waals surface area contributed by atoms with Gasteiger partial charge in [-0.2, -0.15) is 13.2 Å². The Bertz CT molecular complexity index is 376. The second-order valence-corrected chi connectivity index (χ2v) is 2.66. The van der Waals surface area contributed by atoms with E-state index in [4.69, 9.17) is 11.6 Å². The zero-order valence-corrected chi connectivity index (χ0v) is 7.65. The summed E-state index contributed by atoms with van der Waals surface area (Å²) in [5.74, 6) is 3.20. The van der Waals surface area contributed by atoms with Gasteiger partial charge in [-0.1, -0.05) is 6.07 Å². The largest absolute Gasteiger partial charge is 0.458 e. The summed E-state index contributed by atoms with van der Waals surface area (Å²) in [5.41, 5.74) is 0.570. The van der Waals surface area contributed by atoms with E-state index < -0.39 is 6.18 Å². The lowest BCUT2D eigenvalue weighted by Gasteiger charge is -1.95.